The number of unbranched alkanes of at least 4 members (excludes halogenated alkanes) is 2. The van der Waals surface area contributed by atoms with Gasteiger partial charge in [-0.1, -0.05) is 64.3 Å². The molecule has 2 atom stereocenters. The molecule has 1 saturated carbocycles. The summed E-state index contributed by atoms with van der Waals surface area (Å²) in [6.07, 6.45) is 21.9. The van der Waals surface area contributed by atoms with Gasteiger partial charge < -0.3 is 0 Å². The predicted octanol–water partition coefficient (Wildman–Crippen LogP) is 7.08. The molecule has 2 heteroatoms. The normalized spacial score (nSPS) is 25.0. The van der Waals surface area contributed by atoms with Crippen LogP contribution in [0.25, 0.3) is 5.57 Å². The summed E-state index contributed by atoms with van der Waals surface area (Å²) in [5.41, 5.74) is 7.04. The third-order valence-corrected chi connectivity index (χ3v) is 6.60. The minimum absolute atomic E-state index is 0.487. The van der Waals surface area contributed by atoms with Crippen molar-refractivity contribution in [3.8, 4) is 0 Å². The van der Waals surface area contributed by atoms with Gasteiger partial charge in [-0.25, -0.2) is 0 Å². The summed E-state index contributed by atoms with van der Waals surface area (Å²) in [4.78, 5) is 8.99. The van der Waals surface area contributed by atoms with E-state index in [0.29, 0.717) is 11.3 Å². The van der Waals surface area contributed by atoms with Gasteiger partial charge in [0, 0.05) is 31.4 Å². The van der Waals surface area contributed by atoms with Gasteiger partial charge >= 0.3 is 0 Å². The minimum atomic E-state index is 0.487. The van der Waals surface area contributed by atoms with Crippen molar-refractivity contribution in [2.75, 3.05) is 7.05 Å². The Labute approximate surface area is 171 Å². The number of pyridine rings is 1. The van der Waals surface area contributed by atoms with Crippen LogP contribution in [-0.2, 0) is 6.42 Å². The number of nitrogens with zero attached hydrogens (tertiary/aromatic N) is 2. The highest BCUT2D eigenvalue weighted by atomic mass is 14.7. The van der Waals surface area contributed by atoms with Crippen molar-refractivity contribution in [2.24, 2.45) is 10.4 Å². The standard InChI is InChI=1S/C26H36N2/c1-5-7-8-15-26(3)16-9-11-20(18-26)23-14-17-28-24-13-12-22(25(23)24)21(10-6-2)19-27-4/h6,10,12,14,17,19-20H,2,5,7-9,11,13,15-16,18H2,1,3-4H3/b21-10+,27-19-. The molecule has 0 aliphatic heterocycles. The summed E-state index contributed by atoms with van der Waals surface area (Å²) in [5.74, 6) is 0.641. The molecule has 2 nitrogen and oxygen atoms in total. The highest BCUT2D eigenvalue weighted by Gasteiger charge is 2.34. The zero-order valence-corrected chi connectivity index (χ0v) is 18.0. The van der Waals surface area contributed by atoms with E-state index in [2.05, 4.69) is 43.6 Å². The van der Waals surface area contributed by atoms with Gasteiger partial charge in [0.25, 0.3) is 0 Å². The van der Waals surface area contributed by atoms with Gasteiger partial charge in [0.15, 0.2) is 0 Å². The quantitative estimate of drug-likeness (QED) is 0.270. The molecule has 0 amide bonds. The molecule has 0 bridgehead atoms. The first-order valence-corrected chi connectivity index (χ1v) is 11.1. The van der Waals surface area contributed by atoms with Crippen LogP contribution in [0.5, 0.6) is 0 Å². The third-order valence-electron chi connectivity index (χ3n) is 6.60. The highest BCUT2D eigenvalue weighted by Crippen LogP contribution is 2.49. The van der Waals surface area contributed by atoms with Gasteiger partial charge in [0.2, 0.25) is 0 Å². The van der Waals surface area contributed by atoms with Crippen molar-refractivity contribution in [2.45, 2.75) is 77.6 Å². The fourth-order valence-electron chi connectivity index (χ4n) is 5.23. The van der Waals surface area contributed by atoms with Gasteiger partial charge in [0.1, 0.15) is 0 Å². The Kier molecular flexibility index (Phi) is 7.04. The van der Waals surface area contributed by atoms with Crippen LogP contribution in [0.1, 0.15) is 88.0 Å². The maximum Gasteiger partial charge on any atom is 0.0522 e. The van der Waals surface area contributed by atoms with Crippen LogP contribution in [0.3, 0.4) is 0 Å². The Hall–Kier alpha value is -1.96. The van der Waals surface area contributed by atoms with Crippen molar-refractivity contribution in [3.63, 3.8) is 0 Å². The van der Waals surface area contributed by atoms with E-state index in [0.717, 1.165) is 12.0 Å². The SMILES string of the molecule is C=C/C=C(\C=N/C)C1=CCc2nccc(C3CCCC(C)(CCCCC)C3)c21. The summed E-state index contributed by atoms with van der Waals surface area (Å²) in [7, 11) is 1.83. The lowest BCUT2D eigenvalue weighted by Crippen LogP contribution is -2.25. The van der Waals surface area contributed by atoms with Crippen molar-refractivity contribution < 1.29 is 0 Å². The number of allylic oxidation sites excluding steroid dienone is 5. The topological polar surface area (TPSA) is 25.2 Å². The maximum absolute atomic E-state index is 4.72. The third kappa shape index (κ3) is 4.54. The van der Waals surface area contributed by atoms with E-state index >= 15 is 0 Å². The molecule has 3 rings (SSSR count). The lowest BCUT2D eigenvalue weighted by Gasteiger charge is -2.39. The van der Waals surface area contributed by atoms with Crippen molar-refractivity contribution in [1.82, 2.24) is 4.98 Å². The molecule has 150 valence electrons. The average molecular weight is 377 g/mol. The molecule has 0 saturated heterocycles. The first-order valence-electron chi connectivity index (χ1n) is 11.1. The van der Waals surface area contributed by atoms with Crippen molar-refractivity contribution >= 4 is 11.8 Å². The molecule has 1 fully saturated rings. The smallest absolute Gasteiger partial charge is 0.0522 e. The number of hydrogen-bond donors (Lipinski definition) is 0. The lowest BCUT2D eigenvalue weighted by atomic mass is 9.66. The number of rotatable bonds is 8. The summed E-state index contributed by atoms with van der Waals surface area (Å²) < 4.78 is 0. The summed E-state index contributed by atoms with van der Waals surface area (Å²) in [6, 6.07) is 2.29. The fraction of sp³-hybridized carbons (Fsp3) is 0.538. The van der Waals surface area contributed by atoms with Crippen LogP contribution in [-0.4, -0.2) is 18.2 Å². The molecule has 1 aromatic heterocycles. The first kappa shape index (κ1) is 20.8. The molecular formula is C26H36N2. The van der Waals surface area contributed by atoms with E-state index in [1.54, 1.807) is 0 Å². The van der Waals surface area contributed by atoms with Crippen LogP contribution in [0.4, 0.5) is 0 Å². The van der Waals surface area contributed by atoms with E-state index in [-0.39, 0.29) is 0 Å². The largest absolute Gasteiger partial charge is 0.296 e. The van der Waals surface area contributed by atoms with Crippen molar-refractivity contribution in [1.29, 1.82) is 0 Å². The Morgan fingerprint density at radius 3 is 3.00 bits per heavy atom. The van der Waals surface area contributed by atoms with Crippen LogP contribution in [0.2, 0.25) is 0 Å². The van der Waals surface area contributed by atoms with E-state index in [1.807, 2.05) is 25.5 Å². The van der Waals surface area contributed by atoms with E-state index < -0.39 is 0 Å². The maximum atomic E-state index is 4.72. The highest BCUT2D eigenvalue weighted by molar-refractivity contribution is 6.03. The molecule has 28 heavy (non-hydrogen) atoms. The number of aromatic nitrogens is 1. The Bertz CT molecular complexity index is 784. The molecule has 2 unspecified atom stereocenters. The zero-order valence-electron chi connectivity index (χ0n) is 18.0. The number of aliphatic imine (C=N–C) groups is 1. The lowest BCUT2D eigenvalue weighted by molar-refractivity contribution is 0.173. The van der Waals surface area contributed by atoms with Crippen LogP contribution in [0.15, 0.2) is 47.6 Å². The van der Waals surface area contributed by atoms with E-state index in [1.165, 1.54) is 73.8 Å². The average Bonchev–Trinajstić information content (AvgIpc) is 3.12. The molecule has 0 radical (unpaired) electrons. The summed E-state index contributed by atoms with van der Waals surface area (Å²) in [5, 5.41) is 0. The predicted molar refractivity (Wildman–Crippen MR) is 122 cm³/mol. The molecule has 0 N–H and O–H groups in total. The summed E-state index contributed by atoms with van der Waals surface area (Å²) >= 11 is 0. The van der Waals surface area contributed by atoms with Crippen molar-refractivity contribution in [3.05, 3.63) is 59.5 Å². The molecule has 0 aromatic carbocycles. The van der Waals surface area contributed by atoms with Gasteiger partial charge in [0.05, 0.1) is 5.69 Å². The van der Waals surface area contributed by atoms with E-state index in [9.17, 15) is 0 Å². The molecular weight excluding hydrogens is 340 g/mol. The minimum Gasteiger partial charge on any atom is -0.296 e. The molecule has 1 heterocycles. The second kappa shape index (κ2) is 9.49. The first-order chi connectivity index (χ1) is 13.6. The van der Waals surface area contributed by atoms with E-state index in [4.69, 9.17) is 4.98 Å². The molecule has 2 aliphatic rings. The monoisotopic (exact) mass is 376 g/mol. The summed E-state index contributed by atoms with van der Waals surface area (Å²) in [6.45, 7) is 8.72. The second-order valence-corrected chi connectivity index (χ2v) is 8.85. The van der Waals surface area contributed by atoms with Crippen LogP contribution >= 0.6 is 0 Å². The van der Waals surface area contributed by atoms with Gasteiger partial charge in [-0.2, -0.15) is 0 Å². The zero-order chi connectivity index (χ0) is 20.0. The molecule has 2 aliphatic carbocycles. The number of hydrogen-bond acceptors (Lipinski definition) is 2. The molecule has 1 aromatic rings. The second-order valence-electron chi connectivity index (χ2n) is 8.85. The molecule has 0 spiro atoms. The van der Waals surface area contributed by atoms with Gasteiger partial charge in [-0.05, 0) is 59.8 Å². The fourth-order valence-corrected chi connectivity index (χ4v) is 5.23. The Morgan fingerprint density at radius 2 is 2.25 bits per heavy atom. The van der Waals surface area contributed by atoms with Gasteiger partial charge in [-0.3, -0.25) is 9.98 Å². The Morgan fingerprint density at radius 1 is 1.39 bits per heavy atom. The van der Waals surface area contributed by atoms with Crippen LogP contribution in [0, 0.1) is 5.41 Å². The van der Waals surface area contributed by atoms with Crippen LogP contribution < -0.4 is 0 Å². The number of fused-ring (bicyclic) bond motifs is 1. The van der Waals surface area contributed by atoms with Gasteiger partial charge in [-0.15, -0.1) is 0 Å². The Balaban J connectivity index is 1.90.